The zero-order valence-corrected chi connectivity index (χ0v) is 17.0. The Morgan fingerprint density at radius 3 is 2.41 bits per heavy atom. The zero-order valence-electron chi connectivity index (χ0n) is 17.0. The maximum absolute atomic E-state index is 13.0. The predicted molar refractivity (Wildman–Crippen MR) is 106 cm³/mol. The maximum Gasteiger partial charge on any atom is 0.273 e. The molecular weight excluding hydrogens is 376 g/mol. The van der Waals surface area contributed by atoms with Crippen LogP contribution in [0.2, 0.25) is 0 Å². The SMILES string of the molecule is CC[C@H](C)NC(=O)c1coc(CN(C(=O)c2ccc([N+](=O)[O-])cc2)[C@@H](C)CC)n1. The summed E-state index contributed by atoms with van der Waals surface area (Å²) < 4.78 is 5.41. The van der Waals surface area contributed by atoms with Crippen LogP contribution in [0.5, 0.6) is 0 Å². The second-order valence-electron chi connectivity index (χ2n) is 6.90. The first-order valence-corrected chi connectivity index (χ1v) is 9.57. The van der Waals surface area contributed by atoms with E-state index in [0.717, 1.165) is 6.42 Å². The topological polar surface area (TPSA) is 119 Å². The molecule has 1 heterocycles. The highest BCUT2D eigenvalue weighted by Gasteiger charge is 2.24. The largest absolute Gasteiger partial charge is 0.446 e. The predicted octanol–water partition coefficient (Wildman–Crippen LogP) is 3.55. The van der Waals surface area contributed by atoms with Crippen LogP contribution in [0.15, 0.2) is 34.9 Å². The van der Waals surface area contributed by atoms with Crippen LogP contribution < -0.4 is 5.32 Å². The Morgan fingerprint density at radius 2 is 1.86 bits per heavy atom. The molecule has 156 valence electrons. The van der Waals surface area contributed by atoms with E-state index in [-0.39, 0.29) is 47.7 Å². The van der Waals surface area contributed by atoms with Crippen molar-refractivity contribution >= 4 is 17.5 Å². The summed E-state index contributed by atoms with van der Waals surface area (Å²) in [6, 6.07) is 5.34. The average molecular weight is 402 g/mol. The van der Waals surface area contributed by atoms with Gasteiger partial charge in [0.25, 0.3) is 17.5 Å². The monoisotopic (exact) mass is 402 g/mol. The number of nitrogens with one attached hydrogen (secondary N) is 1. The first-order valence-electron chi connectivity index (χ1n) is 9.57. The van der Waals surface area contributed by atoms with Gasteiger partial charge in [-0.15, -0.1) is 0 Å². The Bertz CT molecular complexity index is 862. The number of benzene rings is 1. The Kier molecular flexibility index (Phi) is 7.46. The van der Waals surface area contributed by atoms with Gasteiger partial charge in [0.1, 0.15) is 6.26 Å². The number of amides is 2. The fourth-order valence-corrected chi connectivity index (χ4v) is 2.57. The number of aromatic nitrogens is 1. The molecule has 0 fully saturated rings. The molecule has 1 aromatic heterocycles. The van der Waals surface area contributed by atoms with Gasteiger partial charge in [-0.1, -0.05) is 13.8 Å². The number of oxazole rings is 1. The Labute approximate surface area is 169 Å². The molecule has 2 rings (SSSR count). The smallest absolute Gasteiger partial charge is 0.273 e. The van der Waals surface area contributed by atoms with Crippen molar-refractivity contribution in [3.8, 4) is 0 Å². The summed E-state index contributed by atoms with van der Waals surface area (Å²) in [6.45, 7) is 7.78. The van der Waals surface area contributed by atoms with Gasteiger partial charge in [-0.2, -0.15) is 0 Å². The van der Waals surface area contributed by atoms with Crippen molar-refractivity contribution in [2.24, 2.45) is 0 Å². The van der Waals surface area contributed by atoms with E-state index in [0.29, 0.717) is 12.0 Å². The van der Waals surface area contributed by atoms with E-state index >= 15 is 0 Å². The molecule has 1 aromatic carbocycles. The van der Waals surface area contributed by atoms with Gasteiger partial charge in [0.05, 0.1) is 11.5 Å². The third-order valence-electron chi connectivity index (χ3n) is 4.79. The quantitative estimate of drug-likeness (QED) is 0.506. The van der Waals surface area contributed by atoms with Crippen LogP contribution >= 0.6 is 0 Å². The number of carbonyl (C=O) groups excluding carboxylic acids is 2. The van der Waals surface area contributed by atoms with E-state index in [1.54, 1.807) is 4.90 Å². The zero-order chi connectivity index (χ0) is 21.6. The van der Waals surface area contributed by atoms with Crippen LogP contribution in [0.1, 0.15) is 67.3 Å². The van der Waals surface area contributed by atoms with Crippen LogP contribution in [0.3, 0.4) is 0 Å². The summed E-state index contributed by atoms with van der Waals surface area (Å²) in [5.74, 6) is -0.376. The van der Waals surface area contributed by atoms with Gasteiger partial charge in [-0.3, -0.25) is 19.7 Å². The van der Waals surface area contributed by atoms with E-state index in [1.807, 2.05) is 27.7 Å². The van der Waals surface area contributed by atoms with E-state index in [2.05, 4.69) is 10.3 Å². The fraction of sp³-hybridized carbons (Fsp3) is 0.450. The van der Waals surface area contributed by atoms with Gasteiger partial charge in [-0.25, -0.2) is 4.98 Å². The molecule has 0 saturated heterocycles. The first-order chi connectivity index (χ1) is 13.8. The lowest BCUT2D eigenvalue weighted by atomic mass is 10.1. The Morgan fingerprint density at radius 1 is 1.21 bits per heavy atom. The normalized spacial score (nSPS) is 12.8. The van der Waals surface area contributed by atoms with Crippen LogP contribution in [0, 0.1) is 10.1 Å². The lowest BCUT2D eigenvalue weighted by molar-refractivity contribution is -0.384. The molecule has 0 spiro atoms. The third kappa shape index (κ3) is 5.63. The highest BCUT2D eigenvalue weighted by atomic mass is 16.6. The molecule has 0 aliphatic carbocycles. The number of nitrogens with zero attached hydrogens (tertiary/aromatic N) is 3. The molecule has 9 heteroatoms. The summed E-state index contributed by atoms with van der Waals surface area (Å²) in [5, 5.41) is 13.6. The maximum atomic E-state index is 13.0. The Balaban J connectivity index is 2.18. The standard InChI is InChI=1S/C20H26N4O5/c1-5-13(3)21-19(25)17-12-29-18(22-17)11-23(14(4)6-2)20(26)15-7-9-16(10-8-15)24(27)28/h7-10,12-14H,5-6,11H2,1-4H3,(H,21,25)/t13-,14-/m0/s1. The molecule has 2 aromatic rings. The summed E-state index contributed by atoms with van der Waals surface area (Å²) in [5.41, 5.74) is 0.408. The highest BCUT2D eigenvalue weighted by Crippen LogP contribution is 2.18. The Hall–Kier alpha value is -3.23. The van der Waals surface area contributed by atoms with E-state index in [1.165, 1.54) is 30.5 Å². The number of non-ortho nitro benzene ring substituents is 1. The van der Waals surface area contributed by atoms with Crippen molar-refractivity contribution < 1.29 is 18.9 Å². The van der Waals surface area contributed by atoms with Crippen molar-refractivity contribution in [2.45, 2.75) is 59.2 Å². The van der Waals surface area contributed by atoms with Crippen molar-refractivity contribution in [1.82, 2.24) is 15.2 Å². The molecular formula is C20H26N4O5. The van der Waals surface area contributed by atoms with Gasteiger partial charge in [-0.05, 0) is 38.8 Å². The molecule has 0 saturated carbocycles. The average Bonchev–Trinajstić information content (AvgIpc) is 3.19. The lowest BCUT2D eigenvalue weighted by Crippen LogP contribution is -2.38. The van der Waals surface area contributed by atoms with Gasteiger partial charge in [0.2, 0.25) is 5.89 Å². The van der Waals surface area contributed by atoms with Crippen molar-refractivity contribution in [3.63, 3.8) is 0 Å². The minimum Gasteiger partial charge on any atom is -0.446 e. The number of rotatable bonds is 9. The molecule has 0 aliphatic rings. The van der Waals surface area contributed by atoms with Gasteiger partial charge in [0.15, 0.2) is 5.69 Å². The minimum atomic E-state index is -0.514. The minimum absolute atomic E-state index is 0.0166. The van der Waals surface area contributed by atoms with Crippen LogP contribution in [-0.4, -0.2) is 38.7 Å². The third-order valence-corrected chi connectivity index (χ3v) is 4.79. The summed E-state index contributed by atoms with van der Waals surface area (Å²) in [6.07, 6.45) is 2.76. The number of hydrogen-bond acceptors (Lipinski definition) is 6. The fourth-order valence-electron chi connectivity index (χ4n) is 2.57. The first kappa shape index (κ1) is 22.1. The molecule has 2 atom stereocenters. The van der Waals surface area contributed by atoms with Crippen molar-refractivity contribution in [1.29, 1.82) is 0 Å². The van der Waals surface area contributed by atoms with Gasteiger partial charge < -0.3 is 14.6 Å². The molecule has 29 heavy (non-hydrogen) atoms. The molecule has 0 aliphatic heterocycles. The highest BCUT2D eigenvalue weighted by molar-refractivity contribution is 5.94. The molecule has 2 amide bonds. The molecule has 9 nitrogen and oxygen atoms in total. The molecule has 0 radical (unpaired) electrons. The summed E-state index contributed by atoms with van der Waals surface area (Å²) in [7, 11) is 0. The van der Waals surface area contributed by atoms with Crippen LogP contribution in [-0.2, 0) is 6.54 Å². The number of hydrogen-bond donors (Lipinski definition) is 1. The van der Waals surface area contributed by atoms with E-state index in [4.69, 9.17) is 4.42 Å². The second-order valence-corrected chi connectivity index (χ2v) is 6.90. The number of nitro benzene ring substituents is 1. The lowest BCUT2D eigenvalue weighted by Gasteiger charge is -2.27. The molecule has 1 N–H and O–H groups in total. The van der Waals surface area contributed by atoms with Gasteiger partial charge >= 0.3 is 0 Å². The van der Waals surface area contributed by atoms with Crippen LogP contribution in [0.4, 0.5) is 5.69 Å². The summed E-state index contributed by atoms with van der Waals surface area (Å²) in [4.78, 5) is 41.2. The van der Waals surface area contributed by atoms with Gasteiger partial charge in [0, 0.05) is 29.8 Å². The van der Waals surface area contributed by atoms with Crippen molar-refractivity contribution in [3.05, 3.63) is 57.8 Å². The number of nitro groups is 1. The summed E-state index contributed by atoms with van der Waals surface area (Å²) >= 11 is 0. The van der Waals surface area contributed by atoms with E-state index < -0.39 is 4.92 Å². The molecule has 0 unspecified atom stereocenters. The van der Waals surface area contributed by atoms with Crippen LogP contribution in [0.25, 0.3) is 0 Å². The van der Waals surface area contributed by atoms with Crippen molar-refractivity contribution in [2.75, 3.05) is 0 Å². The second kappa shape index (κ2) is 9.81. The number of carbonyl (C=O) groups is 2. The molecule has 0 bridgehead atoms. The van der Waals surface area contributed by atoms with E-state index in [9.17, 15) is 19.7 Å².